The second kappa shape index (κ2) is 6.89. The number of carbonyl (C=O) groups is 1. The molecule has 0 bridgehead atoms. The SMILES string of the molecule is COc1cc(C)c(NC(=O)C(=S)NC2CCCC2)cc1C. The van der Waals surface area contributed by atoms with Gasteiger partial charge < -0.3 is 15.4 Å². The Bertz CT molecular complexity index is 551. The molecule has 0 heterocycles. The number of rotatable bonds is 3. The molecule has 0 unspecified atom stereocenters. The zero-order valence-corrected chi connectivity index (χ0v) is 13.6. The van der Waals surface area contributed by atoms with Gasteiger partial charge in [0.2, 0.25) is 0 Å². The monoisotopic (exact) mass is 306 g/mol. The van der Waals surface area contributed by atoms with Crippen molar-refractivity contribution in [1.82, 2.24) is 5.32 Å². The Hall–Kier alpha value is -1.62. The zero-order chi connectivity index (χ0) is 15.4. The molecule has 1 aromatic rings. The number of methoxy groups -OCH3 is 1. The van der Waals surface area contributed by atoms with Crippen molar-refractivity contribution < 1.29 is 9.53 Å². The molecule has 1 aliphatic carbocycles. The molecule has 1 saturated carbocycles. The molecule has 0 spiro atoms. The first-order chi connectivity index (χ1) is 10.0. The van der Waals surface area contributed by atoms with Crippen molar-refractivity contribution in [3.63, 3.8) is 0 Å². The molecule has 0 aliphatic heterocycles. The van der Waals surface area contributed by atoms with Crippen LogP contribution in [0.4, 0.5) is 5.69 Å². The number of thiocarbonyl (C=S) groups is 1. The molecule has 1 fully saturated rings. The van der Waals surface area contributed by atoms with Crippen molar-refractivity contribution in [1.29, 1.82) is 0 Å². The highest BCUT2D eigenvalue weighted by atomic mass is 32.1. The number of hydrogen-bond donors (Lipinski definition) is 2. The van der Waals surface area contributed by atoms with Crippen LogP contribution in [0.5, 0.6) is 5.75 Å². The third-order valence-electron chi connectivity index (χ3n) is 3.89. The first-order valence-electron chi connectivity index (χ1n) is 7.28. The van der Waals surface area contributed by atoms with Crippen LogP contribution in [0, 0.1) is 13.8 Å². The molecule has 21 heavy (non-hydrogen) atoms. The summed E-state index contributed by atoms with van der Waals surface area (Å²) in [6.07, 6.45) is 4.60. The van der Waals surface area contributed by atoms with Crippen molar-refractivity contribution >= 4 is 28.8 Å². The number of carbonyl (C=O) groups excluding carboxylic acids is 1. The minimum atomic E-state index is -0.246. The fraction of sp³-hybridized carbons (Fsp3) is 0.500. The van der Waals surface area contributed by atoms with Gasteiger partial charge in [-0.05, 0) is 49.9 Å². The summed E-state index contributed by atoms with van der Waals surface area (Å²) in [5, 5.41) is 6.03. The van der Waals surface area contributed by atoms with Crippen LogP contribution in [0.15, 0.2) is 12.1 Å². The summed E-state index contributed by atoms with van der Waals surface area (Å²) in [4.78, 5) is 12.4. The predicted octanol–water partition coefficient (Wildman–Crippen LogP) is 3.11. The van der Waals surface area contributed by atoms with Crippen molar-refractivity contribution in [3.05, 3.63) is 23.3 Å². The molecule has 0 radical (unpaired) electrons. The maximum absolute atomic E-state index is 12.2. The minimum absolute atomic E-state index is 0.246. The van der Waals surface area contributed by atoms with Crippen molar-refractivity contribution in [2.24, 2.45) is 0 Å². The average Bonchev–Trinajstić information content (AvgIpc) is 2.95. The van der Waals surface area contributed by atoms with Crippen LogP contribution >= 0.6 is 12.2 Å². The second-order valence-corrected chi connectivity index (χ2v) is 5.95. The lowest BCUT2D eigenvalue weighted by molar-refractivity contribution is -0.110. The van der Waals surface area contributed by atoms with Crippen LogP contribution in [0.1, 0.15) is 36.8 Å². The summed E-state index contributed by atoms with van der Waals surface area (Å²) in [6, 6.07) is 4.17. The summed E-state index contributed by atoms with van der Waals surface area (Å²) < 4.78 is 5.27. The first-order valence-corrected chi connectivity index (χ1v) is 7.69. The Morgan fingerprint density at radius 1 is 1.24 bits per heavy atom. The number of nitrogens with one attached hydrogen (secondary N) is 2. The number of hydrogen-bond acceptors (Lipinski definition) is 3. The van der Waals surface area contributed by atoms with Gasteiger partial charge in [-0.1, -0.05) is 25.1 Å². The molecule has 1 aromatic carbocycles. The molecule has 5 heteroatoms. The van der Waals surface area contributed by atoms with E-state index in [1.807, 2.05) is 26.0 Å². The van der Waals surface area contributed by atoms with Crippen molar-refractivity contribution in [2.75, 3.05) is 12.4 Å². The van der Waals surface area contributed by atoms with Gasteiger partial charge in [-0.25, -0.2) is 0 Å². The highest BCUT2D eigenvalue weighted by molar-refractivity contribution is 7.82. The Morgan fingerprint density at radius 2 is 1.90 bits per heavy atom. The molecule has 2 rings (SSSR count). The molecule has 114 valence electrons. The van der Waals surface area contributed by atoms with Crippen LogP contribution in [-0.4, -0.2) is 24.0 Å². The molecule has 1 amide bonds. The summed E-state index contributed by atoms with van der Waals surface area (Å²) >= 11 is 5.19. The lowest BCUT2D eigenvalue weighted by Crippen LogP contribution is -2.39. The quantitative estimate of drug-likeness (QED) is 0.843. The van der Waals surface area contributed by atoms with E-state index < -0.39 is 0 Å². The molecular weight excluding hydrogens is 284 g/mol. The third kappa shape index (κ3) is 3.94. The summed E-state index contributed by atoms with van der Waals surface area (Å²) in [5.74, 6) is 0.571. The van der Waals surface area contributed by atoms with E-state index in [1.165, 1.54) is 12.8 Å². The van der Waals surface area contributed by atoms with Gasteiger partial charge in [-0.3, -0.25) is 4.79 Å². The van der Waals surface area contributed by atoms with Gasteiger partial charge in [0.15, 0.2) is 4.99 Å². The Kier molecular flexibility index (Phi) is 5.17. The zero-order valence-electron chi connectivity index (χ0n) is 12.8. The molecule has 2 N–H and O–H groups in total. The van der Waals surface area contributed by atoms with Crippen LogP contribution < -0.4 is 15.4 Å². The number of anilines is 1. The van der Waals surface area contributed by atoms with Crippen LogP contribution in [0.25, 0.3) is 0 Å². The second-order valence-electron chi connectivity index (χ2n) is 5.55. The van der Waals surface area contributed by atoms with E-state index in [4.69, 9.17) is 17.0 Å². The first kappa shape index (κ1) is 15.8. The fourth-order valence-electron chi connectivity index (χ4n) is 2.64. The maximum atomic E-state index is 12.2. The van der Waals surface area contributed by atoms with Gasteiger partial charge in [-0.2, -0.15) is 0 Å². The molecule has 0 aromatic heterocycles. The van der Waals surface area contributed by atoms with Gasteiger partial charge in [-0.15, -0.1) is 0 Å². The lowest BCUT2D eigenvalue weighted by atomic mass is 10.1. The van der Waals surface area contributed by atoms with E-state index in [-0.39, 0.29) is 10.9 Å². The van der Waals surface area contributed by atoms with Gasteiger partial charge in [0.25, 0.3) is 5.91 Å². The normalized spacial score (nSPS) is 14.8. The topological polar surface area (TPSA) is 50.4 Å². The van der Waals surface area contributed by atoms with E-state index in [1.54, 1.807) is 7.11 Å². The van der Waals surface area contributed by atoms with E-state index in [2.05, 4.69) is 10.6 Å². The number of benzene rings is 1. The standard InChI is InChI=1S/C16H22N2O2S/c1-10-9-14(20-3)11(2)8-13(10)18-15(19)16(21)17-12-6-4-5-7-12/h8-9,12H,4-7H2,1-3H3,(H,17,21)(H,18,19). The van der Waals surface area contributed by atoms with Crippen LogP contribution in [-0.2, 0) is 4.79 Å². The average molecular weight is 306 g/mol. The van der Waals surface area contributed by atoms with Gasteiger partial charge in [0.05, 0.1) is 7.11 Å². The summed E-state index contributed by atoms with van der Waals surface area (Å²) in [6.45, 7) is 3.88. The summed E-state index contributed by atoms with van der Waals surface area (Å²) in [5.41, 5.74) is 2.71. The molecule has 0 atom stereocenters. The predicted molar refractivity (Wildman–Crippen MR) is 89.1 cm³/mol. The third-order valence-corrected chi connectivity index (χ3v) is 4.19. The highest BCUT2D eigenvalue weighted by Crippen LogP contribution is 2.26. The molecule has 0 saturated heterocycles. The summed E-state index contributed by atoms with van der Waals surface area (Å²) in [7, 11) is 1.64. The van der Waals surface area contributed by atoms with Gasteiger partial charge in [0, 0.05) is 11.7 Å². The molecule has 1 aliphatic rings. The Balaban J connectivity index is 2.01. The van der Waals surface area contributed by atoms with E-state index in [0.29, 0.717) is 6.04 Å². The van der Waals surface area contributed by atoms with E-state index in [9.17, 15) is 4.79 Å². The minimum Gasteiger partial charge on any atom is -0.496 e. The fourth-order valence-corrected chi connectivity index (χ4v) is 2.86. The van der Waals surface area contributed by atoms with E-state index >= 15 is 0 Å². The van der Waals surface area contributed by atoms with Crippen LogP contribution in [0.3, 0.4) is 0 Å². The highest BCUT2D eigenvalue weighted by Gasteiger charge is 2.19. The molecule has 4 nitrogen and oxygen atoms in total. The largest absolute Gasteiger partial charge is 0.496 e. The van der Waals surface area contributed by atoms with E-state index in [0.717, 1.165) is 35.4 Å². The smallest absolute Gasteiger partial charge is 0.283 e. The van der Waals surface area contributed by atoms with Gasteiger partial charge >= 0.3 is 0 Å². The van der Waals surface area contributed by atoms with Crippen LogP contribution in [0.2, 0.25) is 0 Å². The van der Waals surface area contributed by atoms with Crippen molar-refractivity contribution in [3.8, 4) is 5.75 Å². The lowest BCUT2D eigenvalue weighted by Gasteiger charge is -2.16. The van der Waals surface area contributed by atoms with Crippen molar-refractivity contribution in [2.45, 2.75) is 45.6 Å². The molecular formula is C16H22N2O2S. The number of amides is 1. The van der Waals surface area contributed by atoms with Gasteiger partial charge in [0.1, 0.15) is 5.75 Å². The maximum Gasteiger partial charge on any atom is 0.283 e. The number of ether oxygens (including phenoxy) is 1. The number of aryl methyl sites for hydroxylation is 2. The Labute approximate surface area is 131 Å². The Morgan fingerprint density at radius 3 is 2.52 bits per heavy atom.